The van der Waals surface area contributed by atoms with E-state index in [4.69, 9.17) is 15.9 Å². The molecule has 13 heteroatoms. The Morgan fingerprint density at radius 3 is 1.86 bits per heavy atom. The SMILES string of the molecule is CC(C)CC(NC(=O)C(CC(=O)O)NC(=O)C(N)Cc1ccc(O)cc1)C(=O)NC(CO)C(=O)O. The van der Waals surface area contributed by atoms with Crippen LogP contribution in [-0.4, -0.2) is 80.9 Å². The van der Waals surface area contributed by atoms with Gasteiger partial charge in [0.25, 0.3) is 0 Å². The number of carboxylic acid groups (broad SMARTS) is 2. The molecule has 0 saturated heterocycles. The van der Waals surface area contributed by atoms with Crippen molar-refractivity contribution in [2.75, 3.05) is 6.61 Å². The number of carbonyl (C=O) groups is 5. The molecule has 0 bridgehead atoms. The molecule has 35 heavy (non-hydrogen) atoms. The Bertz CT molecular complexity index is 905. The number of carbonyl (C=O) groups excluding carboxylic acids is 3. The van der Waals surface area contributed by atoms with Crippen LogP contribution in [0.1, 0.15) is 32.3 Å². The van der Waals surface area contributed by atoms with Crippen LogP contribution in [0.25, 0.3) is 0 Å². The molecule has 0 aliphatic carbocycles. The summed E-state index contributed by atoms with van der Waals surface area (Å²) in [4.78, 5) is 60.3. The Hall–Kier alpha value is -3.71. The van der Waals surface area contributed by atoms with Gasteiger partial charge in [0.15, 0.2) is 0 Å². The summed E-state index contributed by atoms with van der Waals surface area (Å²) in [5.41, 5.74) is 6.50. The number of phenols is 1. The lowest BCUT2D eigenvalue weighted by molar-refractivity contribution is -0.144. The molecule has 0 saturated carbocycles. The highest BCUT2D eigenvalue weighted by atomic mass is 16.4. The molecule has 1 aromatic rings. The number of hydrogen-bond donors (Lipinski definition) is 8. The molecule has 4 atom stereocenters. The number of aliphatic carboxylic acids is 2. The fraction of sp³-hybridized carbons (Fsp3) is 0.500. The zero-order chi connectivity index (χ0) is 26.7. The number of rotatable bonds is 14. The van der Waals surface area contributed by atoms with Gasteiger partial charge in [-0.3, -0.25) is 19.2 Å². The molecule has 9 N–H and O–H groups in total. The Kier molecular flexibility index (Phi) is 11.6. The topological polar surface area (TPSA) is 228 Å². The van der Waals surface area contributed by atoms with Crippen LogP contribution in [0.2, 0.25) is 0 Å². The number of aromatic hydroxyl groups is 1. The van der Waals surface area contributed by atoms with Crippen molar-refractivity contribution in [3.05, 3.63) is 29.8 Å². The first-order valence-corrected chi connectivity index (χ1v) is 10.8. The Morgan fingerprint density at radius 2 is 1.37 bits per heavy atom. The number of phenolic OH excluding ortho intramolecular Hbond substituents is 1. The van der Waals surface area contributed by atoms with Crippen LogP contribution in [0.15, 0.2) is 24.3 Å². The number of nitrogens with two attached hydrogens (primary N) is 1. The smallest absolute Gasteiger partial charge is 0.328 e. The molecule has 1 aromatic carbocycles. The van der Waals surface area contributed by atoms with Gasteiger partial charge >= 0.3 is 11.9 Å². The van der Waals surface area contributed by atoms with Crippen LogP contribution < -0.4 is 21.7 Å². The second-order valence-electron chi connectivity index (χ2n) is 8.41. The monoisotopic (exact) mass is 496 g/mol. The second kappa shape index (κ2) is 13.9. The highest BCUT2D eigenvalue weighted by molar-refractivity contribution is 5.95. The van der Waals surface area contributed by atoms with Crippen molar-refractivity contribution >= 4 is 29.7 Å². The van der Waals surface area contributed by atoms with Crippen LogP contribution in [0, 0.1) is 5.92 Å². The molecular weight excluding hydrogens is 464 g/mol. The minimum atomic E-state index is -1.60. The van der Waals surface area contributed by atoms with E-state index in [1.807, 2.05) is 0 Å². The maximum atomic E-state index is 12.8. The lowest BCUT2D eigenvalue weighted by atomic mass is 10.0. The van der Waals surface area contributed by atoms with Gasteiger partial charge in [-0.15, -0.1) is 0 Å². The van der Waals surface area contributed by atoms with Gasteiger partial charge in [-0.2, -0.15) is 0 Å². The largest absolute Gasteiger partial charge is 0.508 e. The number of carboxylic acids is 2. The minimum Gasteiger partial charge on any atom is -0.508 e. The van der Waals surface area contributed by atoms with Crippen LogP contribution in [0.4, 0.5) is 0 Å². The standard InChI is InChI=1S/C22H32N4O9/c1-11(2)7-15(20(32)26-17(10-27)22(34)35)25-21(33)16(9-18(29)30)24-19(31)14(23)8-12-3-5-13(28)6-4-12/h3-6,11,14-17,27-28H,7-10,23H2,1-2H3,(H,24,31)(H,25,33)(H,26,32)(H,29,30)(H,34,35). The van der Waals surface area contributed by atoms with Crippen molar-refractivity contribution in [3.8, 4) is 5.75 Å². The molecular formula is C22H32N4O9. The summed E-state index contributed by atoms with van der Waals surface area (Å²) in [5, 5.41) is 43.4. The summed E-state index contributed by atoms with van der Waals surface area (Å²) in [6.45, 7) is 2.61. The van der Waals surface area contributed by atoms with E-state index >= 15 is 0 Å². The molecule has 0 fully saturated rings. The lowest BCUT2D eigenvalue weighted by Gasteiger charge is -2.25. The molecule has 0 aromatic heterocycles. The first-order valence-electron chi connectivity index (χ1n) is 10.8. The number of benzene rings is 1. The summed E-state index contributed by atoms with van der Waals surface area (Å²) >= 11 is 0. The fourth-order valence-electron chi connectivity index (χ4n) is 3.07. The summed E-state index contributed by atoms with van der Waals surface area (Å²) in [7, 11) is 0. The molecule has 0 aliphatic rings. The second-order valence-corrected chi connectivity index (χ2v) is 8.41. The predicted octanol–water partition coefficient (Wildman–Crippen LogP) is -1.69. The first kappa shape index (κ1) is 29.3. The normalized spacial score (nSPS) is 14.3. The Morgan fingerprint density at radius 1 is 0.857 bits per heavy atom. The molecule has 3 amide bonds. The predicted molar refractivity (Wildman–Crippen MR) is 122 cm³/mol. The number of aliphatic hydroxyl groups is 1. The number of nitrogens with one attached hydrogen (secondary N) is 3. The summed E-state index contributed by atoms with van der Waals surface area (Å²) < 4.78 is 0. The molecule has 0 heterocycles. The third kappa shape index (κ3) is 10.4. The molecule has 194 valence electrons. The van der Waals surface area contributed by atoms with E-state index in [0.29, 0.717) is 5.56 Å². The van der Waals surface area contributed by atoms with Crippen molar-refractivity contribution in [1.29, 1.82) is 0 Å². The van der Waals surface area contributed by atoms with Crippen LogP contribution in [0.5, 0.6) is 5.75 Å². The van der Waals surface area contributed by atoms with Crippen molar-refractivity contribution in [1.82, 2.24) is 16.0 Å². The van der Waals surface area contributed by atoms with Gasteiger partial charge in [-0.1, -0.05) is 26.0 Å². The van der Waals surface area contributed by atoms with Crippen molar-refractivity contribution in [3.63, 3.8) is 0 Å². The Balaban J connectivity index is 2.94. The highest BCUT2D eigenvalue weighted by Crippen LogP contribution is 2.11. The zero-order valence-electron chi connectivity index (χ0n) is 19.4. The van der Waals surface area contributed by atoms with Crippen LogP contribution >= 0.6 is 0 Å². The molecule has 0 spiro atoms. The third-order valence-corrected chi connectivity index (χ3v) is 4.88. The molecule has 0 aliphatic heterocycles. The number of aliphatic hydroxyl groups excluding tert-OH is 1. The van der Waals surface area contributed by atoms with E-state index in [1.165, 1.54) is 12.1 Å². The minimum absolute atomic E-state index is 0.0265. The van der Waals surface area contributed by atoms with Crippen molar-refractivity contribution in [2.24, 2.45) is 11.7 Å². The summed E-state index contributed by atoms with van der Waals surface area (Å²) in [5.74, 6) is -5.65. The van der Waals surface area contributed by atoms with Gasteiger partial charge in [0, 0.05) is 0 Å². The van der Waals surface area contributed by atoms with Gasteiger partial charge in [-0.05, 0) is 36.5 Å². The van der Waals surface area contributed by atoms with Crippen molar-refractivity contribution in [2.45, 2.75) is 57.3 Å². The van der Waals surface area contributed by atoms with Gasteiger partial charge in [0.1, 0.15) is 23.9 Å². The fourth-order valence-corrected chi connectivity index (χ4v) is 3.07. The third-order valence-electron chi connectivity index (χ3n) is 4.88. The molecule has 4 unspecified atom stereocenters. The van der Waals surface area contributed by atoms with Gasteiger partial charge in [0.2, 0.25) is 17.7 Å². The summed E-state index contributed by atoms with van der Waals surface area (Å²) in [6.07, 6.45) is -0.680. The van der Waals surface area contributed by atoms with Gasteiger partial charge < -0.3 is 42.1 Å². The van der Waals surface area contributed by atoms with E-state index in [9.17, 15) is 34.2 Å². The molecule has 1 rings (SSSR count). The molecule has 13 nitrogen and oxygen atoms in total. The van der Waals surface area contributed by atoms with E-state index in [2.05, 4.69) is 16.0 Å². The van der Waals surface area contributed by atoms with Gasteiger partial charge in [-0.25, -0.2) is 4.79 Å². The molecule has 0 radical (unpaired) electrons. The lowest BCUT2D eigenvalue weighted by Crippen LogP contribution is -2.58. The van der Waals surface area contributed by atoms with E-state index in [0.717, 1.165) is 0 Å². The van der Waals surface area contributed by atoms with E-state index in [1.54, 1.807) is 26.0 Å². The maximum absolute atomic E-state index is 12.8. The Labute approximate surface area is 201 Å². The zero-order valence-corrected chi connectivity index (χ0v) is 19.4. The van der Waals surface area contributed by atoms with E-state index < -0.39 is 66.9 Å². The van der Waals surface area contributed by atoms with Crippen LogP contribution in [0.3, 0.4) is 0 Å². The average molecular weight is 497 g/mol. The van der Waals surface area contributed by atoms with Crippen LogP contribution in [-0.2, 0) is 30.4 Å². The summed E-state index contributed by atoms with van der Waals surface area (Å²) in [6, 6.07) is 0.362. The maximum Gasteiger partial charge on any atom is 0.328 e. The quantitative estimate of drug-likeness (QED) is 0.146. The van der Waals surface area contributed by atoms with E-state index in [-0.39, 0.29) is 24.5 Å². The number of amides is 3. The number of hydrogen-bond acceptors (Lipinski definition) is 8. The first-order chi connectivity index (χ1) is 16.3. The van der Waals surface area contributed by atoms with Gasteiger partial charge in [0.05, 0.1) is 19.1 Å². The van der Waals surface area contributed by atoms with Crippen molar-refractivity contribution < 1.29 is 44.4 Å². The highest BCUT2D eigenvalue weighted by Gasteiger charge is 2.31. The average Bonchev–Trinajstić information content (AvgIpc) is 2.76.